The normalized spacial score (nSPS) is 16.7. The summed E-state index contributed by atoms with van der Waals surface area (Å²) in [7, 11) is 0. The molecule has 4 rings (SSSR count). The number of carbonyl (C=O) groups is 1. The van der Waals surface area contributed by atoms with E-state index in [2.05, 4.69) is 21.3 Å². The van der Waals surface area contributed by atoms with Crippen molar-refractivity contribution in [2.24, 2.45) is 0 Å². The summed E-state index contributed by atoms with van der Waals surface area (Å²) in [5.41, 5.74) is 2.04. The van der Waals surface area contributed by atoms with Crippen molar-refractivity contribution < 1.29 is 4.79 Å². The Labute approximate surface area is 157 Å². The molecule has 1 N–H and O–H groups in total. The van der Waals surface area contributed by atoms with Crippen LogP contribution in [0.1, 0.15) is 28.8 Å². The van der Waals surface area contributed by atoms with Crippen LogP contribution in [0.5, 0.6) is 0 Å². The first-order valence-corrected chi connectivity index (χ1v) is 9.00. The molecule has 3 aromatic rings. The van der Waals surface area contributed by atoms with E-state index < -0.39 is 0 Å². The predicted molar refractivity (Wildman–Crippen MR) is 103 cm³/mol. The molecule has 134 valence electrons. The van der Waals surface area contributed by atoms with Gasteiger partial charge < -0.3 is 10.2 Å². The van der Waals surface area contributed by atoms with E-state index in [0.717, 1.165) is 30.3 Å². The summed E-state index contributed by atoms with van der Waals surface area (Å²) in [4.78, 5) is 23.2. The molecule has 1 fully saturated rings. The molecule has 1 amide bonds. The monoisotopic (exact) mass is 357 g/mol. The van der Waals surface area contributed by atoms with Crippen LogP contribution >= 0.6 is 0 Å². The maximum atomic E-state index is 12.4. The molecule has 3 heterocycles. The van der Waals surface area contributed by atoms with Crippen molar-refractivity contribution in [3.8, 4) is 6.07 Å². The Kier molecular flexibility index (Phi) is 4.67. The third-order valence-corrected chi connectivity index (χ3v) is 4.82. The third-order valence-electron chi connectivity index (χ3n) is 4.82. The number of fused-ring (bicyclic) bond motifs is 1. The summed E-state index contributed by atoms with van der Waals surface area (Å²) < 4.78 is 0. The summed E-state index contributed by atoms with van der Waals surface area (Å²) >= 11 is 0. The van der Waals surface area contributed by atoms with Crippen molar-refractivity contribution in [3.05, 3.63) is 66.0 Å². The summed E-state index contributed by atoms with van der Waals surface area (Å²) in [6, 6.07) is 15.4. The van der Waals surface area contributed by atoms with Crippen LogP contribution in [-0.4, -0.2) is 35.0 Å². The van der Waals surface area contributed by atoms with Crippen LogP contribution < -0.4 is 10.2 Å². The quantitative estimate of drug-likeness (QED) is 0.779. The number of pyridine rings is 2. The maximum Gasteiger partial charge on any atom is 0.251 e. The number of nitriles is 1. The number of benzene rings is 1. The highest BCUT2D eigenvalue weighted by molar-refractivity contribution is 5.94. The van der Waals surface area contributed by atoms with Gasteiger partial charge in [-0.1, -0.05) is 18.2 Å². The Hall–Kier alpha value is -3.46. The summed E-state index contributed by atoms with van der Waals surface area (Å²) in [6.07, 6.45) is 5.06. The van der Waals surface area contributed by atoms with Gasteiger partial charge in [-0.3, -0.25) is 9.78 Å². The first-order chi connectivity index (χ1) is 13.2. The predicted octanol–water partition coefficient (Wildman–Crippen LogP) is 2.90. The van der Waals surface area contributed by atoms with Gasteiger partial charge in [0.2, 0.25) is 0 Å². The van der Waals surface area contributed by atoms with Gasteiger partial charge in [-0.25, -0.2) is 4.98 Å². The van der Waals surface area contributed by atoms with Gasteiger partial charge in [-0.05, 0) is 37.1 Å². The maximum absolute atomic E-state index is 12.4. The SMILES string of the molecule is N#Cc1cc2ccccc2nc1N1CCCC(NC(=O)c2ccncc2)C1. The van der Waals surface area contributed by atoms with E-state index in [4.69, 9.17) is 4.98 Å². The fraction of sp³-hybridized carbons (Fsp3) is 0.238. The van der Waals surface area contributed by atoms with E-state index in [9.17, 15) is 10.1 Å². The molecule has 1 aromatic carbocycles. The molecule has 0 bridgehead atoms. The highest BCUT2D eigenvalue weighted by Gasteiger charge is 2.24. The molecule has 0 aliphatic carbocycles. The van der Waals surface area contributed by atoms with E-state index in [0.29, 0.717) is 23.5 Å². The number of nitrogens with one attached hydrogen (secondary N) is 1. The number of carbonyl (C=O) groups excluding carboxylic acids is 1. The fourth-order valence-corrected chi connectivity index (χ4v) is 3.49. The van der Waals surface area contributed by atoms with Gasteiger partial charge in [0.05, 0.1) is 11.1 Å². The Morgan fingerprint density at radius 1 is 1.22 bits per heavy atom. The molecule has 1 unspecified atom stereocenters. The minimum atomic E-state index is -0.101. The average Bonchev–Trinajstić information content (AvgIpc) is 2.73. The Morgan fingerprint density at radius 2 is 2.04 bits per heavy atom. The zero-order valence-electron chi connectivity index (χ0n) is 14.8. The molecule has 1 aliphatic rings. The van der Waals surface area contributed by atoms with Crippen molar-refractivity contribution in [2.45, 2.75) is 18.9 Å². The summed E-state index contributed by atoms with van der Waals surface area (Å²) in [5, 5.41) is 13.6. The zero-order chi connectivity index (χ0) is 18.6. The molecular weight excluding hydrogens is 338 g/mol. The van der Waals surface area contributed by atoms with Gasteiger partial charge in [0.1, 0.15) is 11.9 Å². The number of aromatic nitrogens is 2. The molecule has 6 heteroatoms. The van der Waals surface area contributed by atoms with Crippen molar-refractivity contribution in [3.63, 3.8) is 0 Å². The molecule has 1 aliphatic heterocycles. The van der Waals surface area contributed by atoms with E-state index in [1.54, 1.807) is 24.5 Å². The molecule has 2 aromatic heterocycles. The van der Waals surface area contributed by atoms with Crippen LogP contribution in [0, 0.1) is 11.3 Å². The first kappa shape index (κ1) is 17.0. The molecule has 0 saturated carbocycles. The number of para-hydroxylation sites is 1. The second-order valence-electron chi connectivity index (χ2n) is 6.66. The smallest absolute Gasteiger partial charge is 0.251 e. The molecule has 1 atom stereocenters. The van der Waals surface area contributed by atoms with Crippen LogP contribution in [0.15, 0.2) is 54.9 Å². The third kappa shape index (κ3) is 3.58. The minimum absolute atomic E-state index is 0.0132. The number of piperidine rings is 1. The second kappa shape index (κ2) is 7.42. The number of hydrogen-bond acceptors (Lipinski definition) is 5. The van der Waals surface area contributed by atoms with E-state index >= 15 is 0 Å². The van der Waals surface area contributed by atoms with E-state index in [-0.39, 0.29) is 11.9 Å². The van der Waals surface area contributed by atoms with Crippen molar-refractivity contribution in [1.82, 2.24) is 15.3 Å². The second-order valence-corrected chi connectivity index (χ2v) is 6.66. The first-order valence-electron chi connectivity index (χ1n) is 9.00. The number of anilines is 1. The molecular formula is C21H19N5O. The van der Waals surface area contributed by atoms with Crippen LogP contribution in [-0.2, 0) is 0 Å². The number of hydrogen-bond donors (Lipinski definition) is 1. The van der Waals surface area contributed by atoms with Crippen molar-refractivity contribution in [1.29, 1.82) is 5.26 Å². The average molecular weight is 357 g/mol. The Bertz CT molecular complexity index is 1010. The van der Waals surface area contributed by atoms with Gasteiger partial charge in [0.25, 0.3) is 5.91 Å². The van der Waals surface area contributed by atoms with Gasteiger partial charge in [0.15, 0.2) is 0 Å². The highest BCUT2D eigenvalue weighted by atomic mass is 16.1. The topological polar surface area (TPSA) is 81.9 Å². The zero-order valence-corrected chi connectivity index (χ0v) is 14.8. The molecule has 6 nitrogen and oxygen atoms in total. The van der Waals surface area contributed by atoms with Crippen LogP contribution in [0.2, 0.25) is 0 Å². The lowest BCUT2D eigenvalue weighted by molar-refractivity contribution is 0.0933. The molecule has 27 heavy (non-hydrogen) atoms. The number of amides is 1. The van der Waals surface area contributed by atoms with E-state index in [1.165, 1.54) is 0 Å². The Balaban J connectivity index is 1.55. The minimum Gasteiger partial charge on any atom is -0.353 e. The van der Waals surface area contributed by atoms with Crippen molar-refractivity contribution >= 4 is 22.6 Å². The lowest BCUT2D eigenvalue weighted by Gasteiger charge is -2.34. The van der Waals surface area contributed by atoms with E-state index in [1.807, 2.05) is 30.3 Å². The van der Waals surface area contributed by atoms with Gasteiger partial charge in [-0.2, -0.15) is 5.26 Å². The summed E-state index contributed by atoms with van der Waals surface area (Å²) in [6.45, 7) is 1.46. The molecule has 0 radical (unpaired) electrons. The fourth-order valence-electron chi connectivity index (χ4n) is 3.49. The standard InChI is InChI=1S/C21H19N5O/c22-13-17-12-16-4-1-2-6-19(16)25-20(17)26-11-3-5-18(14-26)24-21(27)15-7-9-23-10-8-15/h1-2,4,6-10,12,18H,3,5,11,14H2,(H,24,27). The number of rotatable bonds is 3. The lowest BCUT2D eigenvalue weighted by atomic mass is 10.0. The lowest BCUT2D eigenvalue weighted by Crippen LogP contribution is -2.48. The van der Waals surface area contributed by atoms with Crippen molar-refractivity contribution in [2.75, 3.05) is 18.0 Å². The van der Waals surface area contributed by atoms with Crippen LogP contribution in [0.3, 0.4) is 0 Å². The summed E-state index contributed by atoms with van der Waals surface area (Å²) in [5.74, 6) is 0.593. The van der Waals surface area contributed by atoms with Gasteiger partial charge >= 0.3 is 0 Å². The Morgan fingerprint density at radius 3 is 2.85 bits per heavy atom. The molecule has 0 spiro atoms. The highest BCUT2D eigenvalue weighted by Crippen LogP contribution is 2.25. The van der Waals surface area contributed by atoms with Crippen LogP contribution in [0.25, 0.3) is 10.9 Å². The molecule has 1 saturated heterocycles. The van der Waals surface area contributed by atoms with Crippen LogP contribution in [0.4, 0.5) is 5.82 Å². The van der Waals surface area contributed by atoms with Gasteiger partial charge in [0, 0.05) is 42.5 Å². The van der Waals surface area contributed by atoms with Gasteiger partial charge in [-0.15, -0.1) is 0 Å². The largest absolute Gasteiger partial charge is 0.353 e. The number of nitrogens with zero attached hydrogens (tertiary/aromatic N) is 4.